The van der Waals surface area contributed by atoms with E-state index in [-0.39, 0.29) is 29.1 Å². The van der Waals surface area contributed by atoms with E-state index in [2.05, 4.69) is 21.2 Å². The fourth-order valence-electron chi connectivity index (χ4n) is 3.00. The molecule has 3 aromatic rings. The van der Waals surface area contributed by atoms with Crippen LogP contribution in [0.4, 0.5) is 18.0 Å². The van der Waals surface area contributed by atoms with Gasteiger partial charge in [0.05, 0.1) is 0 Å². The number of primary amides is 1. The van der Waals surface area contributed by atoms with E-state index >= 15 is 0 Å². The zero-order valence-corrected chi connectivity index (χ0v) is 17.8. The Morgan fingerprint density at radius 2 is 1.81 bits per heavy atom. The van der Waals surface area contributed by atoms with Crippen molar-refractivity contribution < 1.29 is 22.7 Å². The second-order valence-electron chi connectivity index (χ2n) is 6.59. The minimum atomic E-state index is -0.885. The first-order valence-corrected chi connectivity index (χ1v) is 9.78. The van der Waals surface area contributed by atoms with Crippen LogP contribution in [0.1, 0.15) is 16.8 Å². The maximum absolute atomic E-state index is 14.2. The van der Waals surface area contributed by atoms with Crippen molar-refractivity contribution in [1.82, 2.24) is 9.88 Å². The molecule has 0 saturated carbocycles. The lowest BCUT2D eigenvalue weighted by Crippen LogP contribution is -2.29. The summed E-state index contributed by atoms with van der Waals surface area (Å²) >= 11 is 3.13. The topological polar surface area (TPSA) is 86.3 Å². The third kappa shape index (κ3) is 4.91. The quantitative estimate of drug-likeness (QED) is 0.540. The highest BCUT2D eigenvalue weighted by atomic mass is 79.9. The van der Waals surface area contributed by atoms with Crippen LogP contribution in [-0.2, 0) is 13.2 Å². The van der Waals surface area contributed by atoms with Gasteiger partial charge in [0.25, 0.3) is 5.56 Å². The molecule has 10 heteroatoms. The number of halogens is 4. The second-order valence-corrected chi connectivity index (χ2v) is 7.39. The van der Waals surface area contributed by atoms with Crippen LogP contribution in [0.25, 0.3) is 5.69 Å². The molecular formula is C21H17BrF3N3O3. The first kappa shape index (κ1) is 22.4. The van der Waals surface area contributed by atoms with Gasteiger partial charge < -0.3 is 15.8 Å². The fourth-order valence-corrected chi connectivity index (χ4v) is 3.41. The number of carbonyl (C=O) groups is 1. The van der Waals surface area contributed by atoms with E-state index in [1.54, 1.807) is 0 Å². The minimum Gasteiger partial charge on any atom is -0.487 e. The number of hydrogen-bond acceptors (Lipinski definition) is 3. The number of hydrogen-bond donors (Lipinski definition) is 2. The minimum absolute atomic E-state index is 0.0137. The van der Waals surface area contributed by atoms with E-state index in [0.29, 0.717) is 11.1 Å². The van der Waals surface area contributed by atoms with Gasteiger partial charge in [-0.2, -0.15) is 0 Å². The predicted octanol–water partition coefficient (Wildman–Crippen LogP) is 4.07. The highest BCUT2D eigenvalue weighted by molar-refractivity contribution is 9.10. The summed E-state index contributed by atoms with van der Waals surface area (Å²) in [4.78, 5) is 23.8. The van der Waals surface area contributed by atoms with Gasteiger partial charge in [-0.3, -0.25) is 9.36 Å². The monoisotopic (exact) mass is 495 g/mol. The van der Waals surface area contributed by atoms with Crippen LogP contribution in [0.15, 0.2) is 51.7 Å². The summed E-state index contributed by atoms with van der Waals surface area (Å²) in [5, 5.41) is 2.38. The van der Waals surface area contributed by atoms with Gasteiger partial charge in [0, 0.05) is 18.3 Å². The summed E-state index contributed by atoms with van der Waals surface area (Å²) in [5.41, 5.74) is 5.08. The number of carbonyl (C=O) groups excluding carboxylic acids is 1. The molecule has 0 radical (unpaired) electrons. The molecule has 0 aliphatic carbocycles. The van der Waals surface area contributed by atoms with Crippen LogP contribution in [0.3, 0.4) is 0 Å². The Hall–Kier alpha value is -3.27. The van der Waals surface area contributed by atoms with Crippen LogP contribution >= 0.6 is 15.9 Å². The van der Waals surface area contributed by atoms with Gasteiger partial charge in [0.2, 0.25) is 0 Å². The number of pyridine rings is 1. The molecule has 1 aromatic heterocycles. The van der Waals surface area contributed by atoms with Gasteiger partial charge in [0.15, 0.2) is 0 Å². The van der Waals surface area contributed by atoms with Crippen molar-refractivity contribution in [3.8, 4) is 11.4 Å². The fraction of sp³-hybridized carbons (Fsp3) is 0.143. The number of urea groups is 1. The lowest BCUT2D eigenvalue weighted by atomic mass is 10.1. The van der Waals surface area contributed by atoms with Crippen molar-refractivity contribution in [2.45, 2.75) is 20.1 Å². The van der Waals surface area contributed by atoms with Crippen LogP contribution < -0.4 is 21.3 Å². The van der Waals surface area contributed by atoms with Gasteiger partial charge in [-0.1, -0.05) is 12.1 Å². The third-order valence-corrected chi connectivity index (χ3v) is 5.20. The number of para-hydroxylation sites is 1. The van der Waals surface area contributed by atoms with Crippen LogP contribution in [0.2, 0.25) is 0 Å². The lowest BCUT2D eigenvalue weighted by Gasteiger charge is -2.16. The lowest BCUT2D eigenvalue weighted by molar-refractivity contribution is 0.248. The Balaban J connectivity index is 1.93. The van der Waals surface area contributed by atoms with Crippen molar-refractivity contribution in [2.24, 2.45) is 5.73 Å². The number of amides is 2. The van der Waals surface area contributed by atoms with E-state index in [4.69, 9.17) is 10.5 Å². The van der Waals surface area contributed by atoms with E-state index in [1.165, 1.54) is 37.3 Å². The van der Waals surface area contributed by atoms with Crippen LogP contribution in [0, 0.1) is 24.4 Å². The maximum atomic E-state index is 14.2. The Bertz CT molecular complexity index is 1190. The van der Waals surface area contributed by atoms with Gasteiger partial charge in [-0.15, -0.1) is 0 Å². The zero-order valence-electron chi connectivity index (χ0n) is 16.2. The standard InChI is InChI=1S/C21H17BrF3N3O3/c1-11-7-17(18(22)20(29)28(11)19-15(24)3-2-4-16(19)25)31-10-12-5-6-14(23)8-13(12)9-27-21(26)30/h2-8H,9-10H2,1H3,(H3,26,27,30). The molecule has 3 N–H and O–H groups in total. The molecule has 0 saturated heterocycles. The number of ether oxygens (including phenoxy) is 1. The summed E-state index contributed by atoms with van der Waals surface area (Å²) in [6.07, 6.45) is 0. The summed E-state index contributed by atoms with van der Waals surface area (Å²) in [7, 11) is 0. The Labute approximate surface area is 183 Å². The Morgan fingerprint density at radius 3 is 2.45 bits per heavy atom. The zero-order chi connectivity index (χ0) is 22.7. The second kappa shape index (κ2) is 9.25. The number of nitrogens with two attached hydrogens (primary N) is 1. The molecule has 0 unspecified atom stereocenters. The molecular weight excluding hydrogens is 479 g/mol. The molecule has 0 atom stereocenters. The van der Waals surface area contributed by atoms with Crippen molar-refractivity contribution in [3.63, 3.8) is 0 Å². The average molecular weight is 496 g/mol. The molecule has 0 bridgehead atoms. The largest absolute Gasteiger partial charge is 0.487 e. The smallest absolute Gasteiger partial charge is 0.312 e. The number of benzene rings is 2. The first-order valence-electron chi connectivity index (χ1n) is 8.99. The summed E-state index contributed by atoms with van der Waals surface area (Å²) < 4.78 is 48.5. The summed E-state index contributed by atoms with van der Waals surface area (Å²) in [5.74, 6) is -2.14. The van der Waals surface area contributed by atoms with E-state index in [1.807, 2.05) is 0 Å². The van der Waals surface area contributed by atoms with Crippen molar-refractivity contribution >= 4 is 22.0 Å². The Morgan fingerprint density at radius 1 is 1.13 bits per heavy atom. The third-order valence-electron chi connectivity index (χ3n) is 4.47. The van der Waals surface area contributed by atoms with E-state index in [0.717, 1.165) is 16.7 Å². The average Bonchev–Trinajstić information content (AvgIpc) is 2.71. The highest BCUT2D eigenvalue weighted by Crippen LogP contribution is 2.27. The van der Waals surface area contributed by atoms with Crippen molar-refractivity contribution in [3.05, 3.63) is 91.6 Å². The first-order chi connectivity index (χ1) is 14.7. The molecule has 3 rings (SSSR count). The molecule has 1 heterocycles. The molecule has 0 aliphatic heterocycles. The van der Waals surface area contributed by atoms with Gasteiger partial charge in [-0.25, -0.2) is 18.0 Å². The van der Waals surface area contributed by atoms with Gasteiger partial charge in [0.1, 0.15) is 40.0 Å². The number of nitrogens with zero attached hydrogens (tertiary/aromatic N) is 1. The van der Waals surface area contributed by atoms with Gasteiger partial charge >= 0.3 is 6.03 Å². The molecule has 2 amide bonds. The maximum Gasteiger partial charge on any atom is 0.312 e. The molecule has 31 heavy (non-hydrogen) atoms. The van der Waals surface area contributed by atoms with Crippen molar-refractivity contribution in [1.29, 1.82) is 0 Å². The summed E-state index contributed by atoms with van der Waals surface area (Å²) in [6.45, 7) is 1.43. The molecule has 0 fully saturated rings. The SMILES string of the molecule is Cc1cc(OCc2ccc(F)cc2CNC(N)=O)c(Br)c(=O)n1-c1c(F)cccc1F. The number of aryl methyl sites for hydroxylation is 1. The van der Waals surface area contributed by atoms with Crippen LogP contribution in [0.5, 0.6) is 5.75 Å². The summed E-state index contributed by atoms with van der Waals surface area (Å²) in [6, 6.07) is 7.93. The highest BCUT2D eigenvalue weighted by Gasteiger charge is 2.19. The number of nitrogens with one attached hydrogen (secondary N) is 1. The number of aromatic nitrogens is 1. The van der Waals surface area contributed by atoms with Gasteiger partial charge in [-0.05, 0) is 58.2 Å². The normalized spacial score (nSPS) is 10.7. The number of rotatable bonds is 6. The molecule has 162 valence electrons. The van der Waals surface area contributed by atoms with Crippen molar-refractivity contribution in [2.75, 3.05) is 0 Å². The van der Waals surface area contributed by atoms with E-state index in [9.17, 15) is 22.8 Å². The Kier molecular flexibility index (Phi) is 6.69. The molecule has 6 nitrogen and oxygen atoms in total. The van der Waals surface area contributed by atoms with Crippen LogP contribution in [-0.4, -0.2) is 10.6 Å². The van der Waals surface area contributed by atoms with E-state index < -0.39 is 34.7 Å². The molecule has 0 spiro atoms. The molecule has 2 aromatic carbocycles. The molecule has 0 aliphatic rings. The predicted molar refractivity (Wildman–Crippen MR) is 112 cm³/mol.